The summed E-state index contributed by atoms with van der Waals surface area (Å²) in [6, 6.07) is 19.4. The van der Waals surface area contributed by atoms with Gasteiger partial charge in [-0.3, -0.25) is 9.10 Å². The molecule has 1 amide bonds. The van der Waals surface area contributed by atoms with Gasteiger partial charge in [-0.05, 0) is 66.6 Å². The number of halogens is 1. The molecule has 0 aliphatic rings. The number of nitrogens with one attached hydrogen (secondary N) is 1. The minimum atomic E-state index is -4.20. The molecule has 0 spiro atoms. The Morgan fingerprint density at radius 1 is 1.03 bits per heavy atom. The van der Waals surface area contributed by atoms with Gasteiger partial charge in [0.15, 0.2) is 0 Å². The molecular formula is C26H29FN2O4S2. The van der Waals surface area contributed by atoms with Gasteiger partial charge in [-0.15, -0.1) is 0 Å². The van der Waals surface area contributed by atoms with E-state index in [1.165, 1.54) is 60.7 Å². The van der Waals surface area contributed by atoms with E-state index in [1.807, 2.05) is 12.1 Å². The molecule has 0 fully saturated rings. The summed E-state index contributed by atoms with van der Waals surface area (Å²) in [6.45, 7) is 1.94. The van der Waals surface area contributed by atoms with Gasteiger partial charge in [0.05, 0.1) is 17.7 Å². The number of nitrogens with zero attached hydrogens (tertiary/aromatic N) is 1. The Labute approximate surface area is 210 Å². The van der Waals surface area contributed by atoms with E-state index in [1.54, 1.807) is 11.8 Å². The van der Waals surface area contributed by atoms with Crippen molar-refractivity contribution >= 4 is 33.4 Å². The van der Waals surface area contributed by atoms with Crippen LogP contribution in [0, 0.1) is 12.7 Å². The summed E-state index contributed by atoms with van der Waals surface area (Å²) in [6.07, 6.45) is 0.729. The van der Waals surface area contributed by atoms with Crippen LogP contribution in [-0.2, 0) is 20.6 Å². The monoisotopic (exact) mass is 516 g/mol. The van der Waals surface area contributed by atoms with E-state index in [4.69, 9.17) is 4.74 Å². The maximum Gasteiger partial charge on any atom is 0.264 e. The van der Waals surface area contributed by atoms with Crippen LogP contribution in [0.2, 0.25) is 0 Å². The highest BCUT2D eigenvalue weighted by Gasteiger charge is 2.29. The number of hydrogen-bond donors (Lipinski definition) is 1. The standard InChI is InChI=1S/C26H29FN2O4S2/c1-20-8-3-4-9-21(20)19-34-17-7-16-28-26(30)18-29(25-11-6-5-10-24(25)27)35(31,32)23-14-12-22(33-2)13-15-23/h3-6,8-15H,7,16-19H2,1-2H3,(H,28,30). The van der Waals surface area contributed by atoms with Crippen molar-refractivity contribution in [2.24, 2.45) is 0 Å². The first-order chi connectivity index (χ1) is 16.8. The van der Waals surface area contributed by atoms with Crippen LogP contribution in [-0.4, -0.2) is 40.3 Å². The molecule has 0 saturated heterocycles. The zero-order chi connectivity index (χ0) is 25.3. The molecule has 1 N–H and O–H groups in total. The molecule has 0 aromatic heterocycles. The Kier molecular flexibility index (Phi) is 9.56. The van der Waals surface area contributed by atoms with Gasteiger partial charge in [-0.2, -0.15) is 11.8 Å². The van der Waals surface area contributed by atoms with Crippen LogP contribution < -0.4 is 14.4 Å². The minimum Gasteiger partial charge on any atom is -0.497 e. The second kappa shape index (κ2) is 12.6. The second-order valence-corrected chi connectivity index (χ2v) is 10.8. The Balaban J connectivity index is 1.61. The third kappa shape index (κ3) is 7.22. The van der Waals surface area contributed by atoms with E-state index in [-0.39, 0.29) is 10.6 Å². The first-order valence-electron chi connectivity index (χ1n) is 11.1. The Morgan fingerprint density at radius 3 is 2.40 bits per heavy atom. The molecule has 6 nitrogen and oxygen atoms in total. The molecule has 3 aromatic carbocycles. The van der Waals surface area contributed by atoms with Crippen LogP contribution in [0.4, 0.5) is 10.1 Å². The summed E-state index contributed by atoms with van der Waals surface area (Å²) in [5, 5.41) is 2.75. The number of hydrogen-bond acceptors (Lipinski definition) is 5. The normalized spacial score (nSPS) is 11.2. The van der Waals surface area contributed by atoms with Crippen LogP contribution in [0.5, 0.6) is 5.75 Å². The third-order valence-electron chi connectivity index (χ3n) is 5.36. The first-order valence-corrected chi connectivity index (χ1v) is 13.7. The molecular weight excluding hydrogens is 487 g/mol. The van der Waals surface area contributed by atoms with Gasteiger partial charge < -0.3 is 10.1 Å². The van der Waals surface area contributed by atoms with Gasteiger partial charge in [0, 0.05) is 12.3 Å². The predicted octanol–water partition coefficient (Wildman–Crippen LogP) is 4.78. The molecule has 9 heteroatoms. The molecule has 0 atom stereocenters. The van der Waals surface area contributed by atoms with Crippen LogP contribution in [0.1, 0.15) is 17.5 Å². The Bertz CT molecular complexity index is 1230. The van der Waals surface area contributed by atoms with Gasteiger partial charge in [0.1, 0.15) is 18.1 Å². The molecule has 186 valence electrons. The molecule has 0 radical (unpaired) electrons. The minimum absolute atomic E-state index is 0.0676. The summed E-state index contributed by atoms with van der Waals surface area (Å²) in [5.41, 5.74) is 2.35. The van der Waals surface area contributed by atoms with Crippen molar-refractivity contribution in [3.05, 3.63) is 89.7 Å². The van der Waals surface area contributed by atoms with Crippen molar-refractivity contribution < 1.29 is 22.3 Å². The van der Waals surface area contributed by atoms with E-state index in [9.17, 15) is 17.6 Å². The molecule has 3 rings (SSSR count). The fourth-order valence-electron chi connectivity index (χ4n) is 3.37. The lowest BCUT2D eigenvalue weighted by molar-refractivity contribution is -0.119. The number of carbonyl (C=O) groups is 1. The quantitative estimate of drug-likeness (QED) is 0.351. The fourth-order valence-corrected chi connectivity index (χ4v) is 5.84. The van der Waals surface area contributed by atoms with Crippen molar-refractivity contribution in [3.63, 3.8) is 0 Å². The predicted molar refractivity (Wildman–Crippen MR) is 139 cm³/mol. The van der Waals surface area contributed by atoms with Crippen molar-refractivity contribution in [1.82, 2.24) is 5.32 Å². The highest BCUT2D eigenvalue weighted by molar-refractivity contribution is 7.98. The summed E-state index contributed by atoms with van der Waals surface area (Å²) >= 11 is 1.77. The molecule has 0 aliphatic carbocycles. The van der Waals surface area contributed by atoms with Crippen molar-refractivity contribution in [2.75, 3.05) is 30.3 Å². The highest BCUT2D eigenvalue weighted by atomic mass is 32.2. The fraction of sp³-hybridized carbons (Fsp3) is 0.269. The SMILES string of the molecule is COc1ccc(S(=O)(=O)N(CC(=O)NCCCSCc2ccccc2C)c2ccccc2F)cc1. The number of carbonyl (C=O) groups excluding carboxylic acids is 1. The molecule has 3 aromatic rings. The zero-order valence-electron chi connectivity index (χ0n) is 19.7. The number of rotatable bonds is 12. The highest BCUT2D eigenvalue weighted by Crippen LogP contribution is 2.27. The van der Waals surface area contributed by atoms with Gasteiger partial charge in [0.25, 0.3) is 10.0 Å². The maximum atomic E-state index is 14.6. The summed E-state index contributed by atoms with van der Waals surface area (Å²) in [7, 11) is -2.72. The van der Waals surface area contributed by atoms with Crippen LogP contribution in [0.25, 0.3) is 0 Å². The van der Waals surface area contributed by atoms with E-state index < -0.39 is 28.3 Å². The largest absolute Gasteiger partial charge is 0.497 e. The average Bonchev–Trinajstić information content (AvgIpc) is 2.86. The lowest BCUT2D eigenvalue weighted by atomic mass is 10.1. The Morgan fingerprint density at radius 2 is 1.71 bits per heavy atom. The second-order valence-electron chi connectivity index (χ2n) is 7.82. The molecule has 0 bridgehead atoms. The summed E-state index contributed by atoms with van der Waals surface area (Å²) in [4.78, 5) is 12.6. The van der Waals surface area contributed by atoms with Gasteiger partial charge >= 0.3 is 0 Å². The van der Waals surface area contributed by atoms with Gasteiger partial charge in [0.2, 0.25) is 5.91 Å². The molecule has 0 unspecified atom stereocenters. The number of amides is 1. The van der Waals surface area contributed by atoms with Crippen molar-refractivity contribution in [2.45, 2.75) is 24.0 Å². The Hall–Kier alpha value is -3.04. The molecule has 0 heterocycles. The van der Waals surface area contributed by atoms with E-state index in [0.717, 1.165) is 28.3 Å². The van der Waals surface area contributed by atoms with Gasteiger partial charge in [-0.1, -0.05) is 36.4 Å². The van der Waals surface area contributed by atoms with Crippen molar-refractivity contribution in [3.8, 4) is 5.75 Å². The lowest BCUT2D eigenvalue weighted by Crippen LogP contribution is -2.41. The number of methoxy groups -OCH3 is 1. The number of aryl methyl sites for hydroxylation is 1. The number of thioether (sulfide) groups is 1. The summed E-state index contributed by atoms with van der Waals surface area (Å²) < 4.78 is 47.1. The lowest BCUT2D eigenvalue weighted by Gasteiger charge is -2.24. The molecule has 0 aliphatic heterocycles. The topological polar surface area (TPSA) is 75.7 Å². The molecule has 35 heavy (non-hydrogen) atoms. The summed E-state index contributed by atoms with van der Waals surface area (Å²) in [5.74, 6) is 0.982. The van der Waals surface area contributed by atoms with E-state index in [2.05, 4.69) is 24.4 Å². The smallest absolute Gasteiger partial charge is 0.264 e. The van der Waals surface area contributed by atoms with Gasteiger partial charge in [-0.25, -0.2) is 12.8 Å². The van der Waals surface area contributed by atoms with Crippen LogP contribution in [0.3, 0.4) is 0 Å². The maximum absolute atomic E-state index is 14.6. The number of para-hydroxylation sites is 1. The number of sulfonamides is 1. The van der Waals surface area contributed by atoms with E-state index in [0.29, 0.717) is 12.3 Å². The molecule has 0 saturated carbocycles. The first kappa shape index (κ1) is 26.6. The average molecular weight is 517 g/mol. The van der Waals surface area contributed by atoms with Crippen LogP contribution in [0.15, 0.2) is 77.7 Å². The number of benzene rings is 3. The number of ether oxygens (including phenoxy) is 1. The van der Waals surface area contributed by atoms with Crippen LogP contribution >= 0.6 is 11.8 Å². The van der Waals surface area contributed by atoms with Crippen molar-refractivity contribution in [1.29, 1.82) is 0 Å². The van der Waals surface area contributed by atoms with E-state index >= 15 is 0 Å². The number of anilines is 1. The zero-order valence-corrected chi connectivity index (χ0v) is 21.4. The third-order valence-corrected chi connectivity index (χ3v) is 8.23.